The Morgan fingerprint density at radius 1 is 0.532 bits per heavy atom. The summed E-state index contributed by atoms with van der Waals surface area (Å²) in [7, 11) is -9.05. The molecule has 5 atom stereocenters. The summed E-state index contributed by atoms with van der Waals surface area (Å²) < 4.78 is 43.1. The predicted octanol–water partition coefficient (Wildman–Crippen LogP) is 11.1. The van der Waals surface area contributed by atoms with Crippen molar-refractivity contribution in [3.8, 4) is 0 Å². The lowest BCUT2D eigenvalue weighted by Gasteiger charge is -2.54. The standard InChI is InChI=1S/C37H74O6Si4/c1-34(2,3)44(13,14)39-27-29-30(41-45(15,16)35(4,5)6)31(42-46(17,18)36(7,8)9)32(43-47(19,20)37(10,11)12)33(40-29)38-26-28-24-22-21-23-25-28/h21-25,29-33H,26-27H2,1-20H3/t29-,30-,31+,32+,33+/m1/s1. The van der Waals surface area contributed by atoms with Crippen LogP contribution in [0.25, 0.3) is 0 Å². The Labute approximate surface area is 294 Å². The van der Waals surface area contributed by atoms with Crippen molar-refractivity contribution in [2.75, 3.05) is 6.61 Å². The molecule has 0 amide bonds. The van der Waals surface area contributed by atoms with Gasteiger partial charge in [0.05, 0.1) is 13.2 Å². The van der Waals surface area contributed by atoms with Gasteiger partial charge in [-0.3, -0.25) is 0 Å². The first kappa shape index (κ1) is 43.0. The molecule has 1 saturated heterocycles. The molecule has 0 aromatic heterocycles. The topological polar surface area (TPSA) is 55.4 Å². The largest absolute Gasteiger partial charge is 0.414 e. The maximum atomic E-state index is 7.53. The molecule has 1 heterocycles. The fraction of sp³-hybridized carbons (Fsp3) is 0.838. The van der Waals surface area contributed by atoms with Crippen molar-refractivity contribution in [2.45, 2.75) is 193 Å². The monoisotopic (exact) mass is 726 g/mol. The van der Waals surface area contributed by atoms with Crippen LogP contribution in [-0.2, 0) is 33.8 Å². The molecule has 0 saturated carbocycles. The smallest absolute Gasteiger partial charge is 0.192 e. The molecule has 0 spiro atoms. The van der Waals surface area contributed by atoms with E-state index in [1.54, 1.807) is 0 Å². The Balaban J connectivity index is 2.81. The first-order valence-corrected chi connectivity index (χ1v) is 29.4. The van der Waals surface area contributed by atoms with Gasteiger partial charge in [-0.25, -0.2) is 0 Å². The minimum atomic E-state index is -2.33. The molecule has 1 aliphatic rings. The highest BCUT2D eigenvalue weighted by Crippen LogP contribution is 2.46. The van der Waals surface area contributed by atoms with Gasteiger partial charge in [0, 0.05) is 0 Å². The van der Waals surface area contributed by atoms with E-state index in [0.29, 0.717) is 13.2 Å². The van der Waals surface area contributed by atoms with Crippen LogP contribution in [0.3, 0.4) is 0 Å². The number of rotatable bonds is 12. The van der Waals surface area contributed by atoms with E-state index < -0.39 is 45.7 Å². The summed E-state index contributed by atoms with van der Waals surface area (Å²) in [6.07, 6.45) is -2.25. The van der Waals surface area contributed by atoms with Crippen LogP contribution in [0.15, 0.2) is 30.3 Å². The Morgan fingerprint density at radius 3 is 1.32 bits per heavy atom. The summed E-state index contributed by atoms with van der Waals surface area (Å²) in [5.41, 5.74) is 1.10. The molecule has 1 aromatic rings. The van der Waals surface area contributed by atoms with E-state index in [-0.39, 0.29) is 38.5 Å². The molecule has 0 unspecified atom stereocenters. The summed E-state index contributed by atoms with van der Waals surface area (Å²) in [6.45, 7) is 46.8. The zero-order chi connectivity index (χ0) is 36.7. The molecule has 1 aliphatic heterocycles. The van der Waals surface area contributed by atoms with Crippen molar-refractivity contribution >= 4 is 33.3 Å². The fourth-order valence-corrected chi connectivity index (χ4v) is 9.27. The quantitative estimate of drug-likeness (QED) is 0.200. The molecule has 0 N–H and O–H groups in total. The van der Waals surface area contributed by atoms with Crippen LogP contribution in [0.2, 0.25) is 72.5 Å². The second-order valence-electron chi connectivity index (χ2n) is 19.9. The lowest BCUT2D eigenvalue weighted by molar-refractivity contribution is -0.294. The average molecular weight is 727 g/mol. The SMILES string of the molecule is CC(C)(C)[Si](C)(C)OC[C@H]1O[C@H](OCc2ccccc2)[C@@H](O[Si](C)(C)C(C)(C)C)[C@@H](O[Si](C)(C)C(C)(C)C)[C@@H]1O[Si](C)(C)C(C)(C)C. The molecular weight excluding hydrogens is 653 g/mol. The number of benzene rings is 1. The van der Waals surface area contributed by atoms with E-state index >= 15 is 0 Å². The van der Waals surface area contributed by atoms with Crippen molar-refractivity contribution in [1.29, 1.82) is 0 Å². The summed E-state index contributed by atoms with van der Waals surface area (Å²) >= 11 is 0. The Morgan fingerprint density at radius 2 is 0.915 bits per heavy atom. The van der Waals surface area contributed by atoms with Crippen LogP contribution in [-0.4, -0.2) is 70.6 Å². The highest BCUT2D eigenvalue weighted by molar-refractivity contribution is 6.75. The fourth-order valence-electron chi connectivity index (χ4n) is 4.36. The van der Waals surface area contributed by atoms with Crippen LogP contribution in [0, 0.1) is 0 Å². The zero-order valence-electron chi connectivity index (χ0n) is 34.1. The third-order valence-corrected chi connectivity index (χ3v) is 29.9. The second-order valence-corrected chi connectivity index (χ2v) is 39.0. The molecule has 47 heavy (non-hydrogen) atoms. The first-order valence-electron chi connectivity index (χ1n) is 17.8. The molecule has 6 nitrogen and oxygen atoms in total. The Hall–Kier alpha value is -0.152. The van der Waals surface area contributed by atoms with Crippen LogP contribution >= 0.6 is 0 Å². The van der Waals surface area contributed by atoms with Crippen LogP contribution in [0.1, 0.15) is 88.6 Å². The van der Waals surface area contributed by atoms with Gasteiger partial charge in [-0.2, -0.15) is 0 Å². The van der Waals surface area contributed by atoms with Gasteiger partial charge in [0.2, 0.25) is 0 Å². The van der Waals surface area contributed by atoms with Crippen molar-refractivity contribution in [3.05, 3.63) is 35.9 Å². The molecule has 1 fully saturated rings. The van der Waals surface area contributed by atoms with Gasteiger partial charge < -0.3 is 27.2 Å². The molecular formula is C37H74O6Si4. The molecule has 0 bridgehead atoms. The molecule has 1 aromatic carbocycles. The second kappa shape index (κ2) is 14.8. The van der Waals surface area contributed by atoms with E-state index in [2.05, 4.69) is 148 Å². The average Bonchev–Trinajstić information content (AvgIpc) is 2.87. The highest BCUT2D eigenvalue weighted by atomic mass is 28.4. The summed E-state index contributed by atoms with van der Waals surface area (Å²) in [5, 5.41) is 0.0277. The van der Waals surface area contributed by atoms with E-state index in [9.17, 15) is 0 Å². The van der Waals surface area contributed by atoms with Crippen LogP contribution in [0.5, 0.6) is 0 Å². The minimum Gasteiger partial charge on any atom is -0.414 e. The van der Waals surface area contributed by atoms with E-state index in [4.69, 9.17) is 27.2 Å². The van der Waals surface area contributed by atoms with Gasteiger partial charge in [0.1, 0.15) is 24.4 Å². The van der Waals surface area contributed by atoms with E-state index in [1.165, 1.54) is 0 Å². The van der Waals surface area contributed by atoms with Gasteiger partial charge in [-0.05, 0) is 78.1 Å². The van der Waals surface area contributed by atoms with Gasteiger partial charge in [-0.1, -0.05) is 113 Å². The van der Waals surface area contributed by atoms with Crippen LogP contribution in [0.4, 0.5) is 0 Å². The van der Waals surface area contributed by atoms with Gasteiger partial charge in [0.25, 0.3) is 0 Å². The summed E-state index contributed by atoms with van der Waals surface area (Å²) in [4.78, 5) is 0. The molecule has 2 rings (SSSR count). The minimum absolute atomic E-state index is 0.00416. The first-order chi connectivity index (χ1) is 20.8. The Bertz CT molecular complexity index is 1130. The number of hydrogen-bond donors (Lipinski definition) is 0. The lowest BCUT2D eigenvalue weighted by Crippen LogP contribution is -2.68. The molecule has 0 aliphatic carbocycles. The predicted molar refractivity (Wildman–Crippen MR) is 209 cm³/mol. The van der Waals surface area contributed by atoms with Crippen molar-refractivity contribution in [3.63, 3.8) is 0 Å². The van der Waals surface area contributed by atoms with Gasteiger partial charge in [-0.15, -0.1) is 0 Å². The molecule has 0 radical (unpaired) electrons. The van der Waals surface area contributed by atoms with Crippen LogP contribution < -0.4 is 0 Å². The maximum Gasteiger partial charge on any atom is 0.192 e. The molecule has 10 heteroatoms. The van der Waals surface area contributed by atoms with Crippen molar-refractivity contribution < 1.29 is 27.2 Å². The number of hydrogen-bond acceptors (Lipinski definition) is 6. The van der Waals surface area contributed by atoms with Gasteiger partial charge in [0.15, 0.2) is 39.6 Å². The molecule has 274 valence electrons. The van der Waals surface area contributed by atoms with E-state index in [1.807, 2.05) is 18.2 Å². The third kappa shape index (κ3) is 10.9. The number of ether oxygens (including phenoxy) is 2. The van der Waals surface area contributed by atoms with Gasteiger partial charge >= 0.3 is 0 Å². The third-order valence-electron chi connectivity index (χ3n) is 12.0. The summed E-state index contributed by atoms with van der Waals surface area (Å²) in [5.74, 6) is 0. The normalized spacial score (nSPS) is 24.5. The highest BCUT2D eigenvalue weighted by Gasteiger charge is 2.57. The van der Waals surface area contributed by atoms with E-state index in [0.717, 1.165) is 5.56 Å². The maximum absolute atomic E-state index is 7.53. The van der Waals surface area contributed by atoms with Crippen molar-refractivity contribution in [2.24, 2.45) is 0 Å². The Kier molecular flexibility index (Phi) is 13.6. The summed E-state index contributed by atoms with van der Waals surface area (Å²) in [6, 6.07) is 10.3. The van der Waals surface area contributed by atoms with Crippen molar-refractivity contribution in [1.82, 2.24) is 0 Å². The lowest BCUT2D eigenvalue weighted by atomic mass is 9.99. The zero-order valence-corrected chi connectivity index (χ0v) is 38.1.